The van der Waals surface area contributed by atoms with Crippen LogP contribution in [0.3, 0.4) is 0 Å². The Morgan fingerprint density at radius 3 is 2.31 bits per heavy atom. The third-order valence-corrected chi connectivity index (χ3v) is 6.79. The van der Waals surface area contributed by atoms with Gasteiger partial charge < -0.3 is 15.0 Å². The number of hydroxylamine groups is 1. The molecule has 1 saturated heterocycles. The van der Waals surface area contributed by atoms with Gasteiger partial charge in [-0.05, 0) is 56.9 Å². The smallest absolute Gasteiger partial charge is 0.333 e. The lowest BCUT2D eigenvalue weighted by molar-refractivity contribution is -0.153. The van der Waals surface area contributed by atoms with Gasteiger partial charge in [0.15, 0.2) is 6.04 Å². The van der Waals surface area contributed by atoms with E-state index in [0.717, 1.165) is 44.9 Å². The van der Waals surface area contributed by atoms with Gasteiger partial charge in [-0.1, -0.05) is 43.2 Å². The molecule has 1 aliphatic heterocycles. The molecule has 3 amide bonds. The minimum Gasteiger partial charge on any atom is -0.461 e. The molecule has 3 N–H and O–H groups in total. The fourth-order valence-corrected chi connectivity index (χ4v) is 4.85. The van der Waals surface area contributed by atoms with E-state index in [2.05, 4.69) is 5.32 Å². The molecule has 1 aromatic carbocycles. The molecule has 1 aliphatic carbocycles. The van der Waals surface area contributed by atoms with E-state index in [-0.39, 0.29) is 24.3 Å². The van der Waals surface area contributed by atoms with Crippen molar-refractivity contribution >= 4 is 23.7 Å². The first-order valence-electron chi connectivity index (χ1n) is 12.8. The Balaban J connectivity index is 1.53. The first-order valence-corrected chi connectivity index (χ1v) is 12.8. The lowest BCUT2D eigenvalue weighted by Gasteiger charge is -2.27. The van der Waals surface area contributed by atoms with Crippen LogP contribution in [0.2, 0.25) is 0 Å². The normalized spacial score (nSPS) is 18.8. The van der Waals surface area contributed by atoms with Gasteiger partial charge >= 0.3 is 5.97 Å². The van der Waals surface area contributed by atoms with Gasteiger partial charge in [-0.3, -0.25) is 19.6 Å². The van der Waals surface area contributed by atoms with Crippen LogP contribution in [-0.4, -0.2) is 52.5 Å². The van der Waals surface area contributed by atoms with Gasteiger partial charge in [-0.15, -0.1) is 0 Å². The van der Waals surface area contributed by atoms with Gasteiger partial charge in [0, 0.05) is 19.4 Å². The van der Waals surface area contributed by atoms with Crippen molar-refractivity contribution in [2.75, 3.05) is 6.54 Å². The van der Waals surface area contributed by atoms with E-state index in [1.54, 1.807) is 22.5 Å². The molecule has 2 fully saturated rings. The highest BCUT2D eigenvalue weighted by Crippen LogP contribution is 2.25. The van der Waals surface area contributed by atoms with E-state index in [4.69, 9.17) is 9.94 Å². The Bertz CT molecular complexity index is 856. The summed E-state index contributed by atoms with van der Waals surface area (Å²) in [6.45, 7) is 0.524. The lowest BCUT2D eigenvalue weighted by Crippen LogP contribution is -2.48. The first kappa shape index (κ1) is 26.7. The third-order valence-electron chi connectivity index (χ3n) is 6.79. The summed E-state index contributed by atoms with van der Waals surface area (Å²) in [5.41, 5.74) is 2.27. The van der Waals surface area contributed by atoms with Gasteiger partial charge in [0.1, 0.15) is 12.1 Å². The van der Waals surface area contributed by atoms with Gasteiger partial charge in [0.2, 0.25) is 17.7 Å². The number of carbonyl (C=O) groups is 4. The van der Waals surface area contributed by atoms with Crippen LogP contribution in [-0.2, 0) is 23.9 Å². The fourth-order valence-electron chi connectivity index (χ4n) is 4.85. The Morgan fingerprint density at radius 2 is 1.63 bits per heavy atom. The molecule has 0 aromatic heterocycles. The van der Waals surface area contributed by atoms with Crippen molar-refractivity contribution in [2.24, 2.45) is 0 Å². The van der Waals surface area contributed by atoms with Crippen LogP contribution < -0.4 is 10.8 Å². The Labute approximate surface area is 206 Å². The molecule has 1 heterocycles. The summed E-state index contributed by atoms with van der Waals surface area (Å²) >= 11 is 0. The highest BCUT2D eigenvalue weighted by molar-refractivity contribution is 5.91. The van der Waals surface area contributed by atoms with E-state index in [1.165, 1.54) is 0 Å². The monoisotopic (exact) mass is 487 g/mol. The van der Waals surface area contributed by atoms with E-state index < -0.39 is 24.0 Å². The average Bonchev–Trinajstić information content (AvgIpc) is 3.57. The molecule has 0 spiro atoms. The number of amides is 3. The molecule has 3 rings (SSSR count). The number of carbonyl (C=O) groups excluding carboxylic acids is 4. The molecule has 1 aromatic rings. The summed E-state index contributed by atoms with van der Waals surface area (Å²) in [5, 5.41) is 11.4. The predicted molar refractivity (Wildman–Crippen MR) is 128 cm³/mol. The summed E-state index contributed by atoms with van der Waals surface area (Å²) in [5.74, 6) is -1.27. The molecule has 9 heteroatoms. The molecule has 2 atom stereocenters. The van der Waals surface area contributed by atoms with Crippen molar-refractivity contribution in [2.45, 2.75) is 95.2 Å². The number of hydrogen-bond acceptors (Lipinski definition) is 6. The maximum absolute atomic E-state index is 13.2. The minimum atomic E-state index is -0.905. The van der Waals surface area contributed by atoms with Gasteiger partial charge in [-0.2, -0.15) is 0 Å². The number of esters is 1. The molecule has 35 heavy (non-hydrogen) atoms. The number of ether oxygens (including phenoxy) is 1. The maximum atomic E-state index is 13.2. The second-order valence-corrected chi connectivity index (χ2v) is 9.39. The van der Waals surface area contributed by atoms with Crippen LogP contribution in [0.5, 0.6) is 0 Å². The van der Waals surface area contributed by atoms with Crippen LogP contribution in [0, 0.1) is 0 Å². The zero-order valence-electron chi connectivity index (χ0n) is 20.2. The number of rotatable bonds is 12. The number of nitrogens with one attached hydrogen (secondary N) is 2. The molecular weight excluding hydrogens is 450 g/mol. The van der Waals surface area contributed by atoms with Gasteiger partial charge in [0.05, 0.1) is 0 Å². The standard InChI is InChI=1S/C26H37N3O6/c30-22(28-34)16-6-1-2-7-17-23(31)29-18-10-15-21(29)25(32)27-24(19-11-4-3-5-12-19)26(33)35-20-13-8-9-14-20/h3-5,11-12,20-21,24,34H,1-2,6-10,13-18H2,(H,27,32)(H,28,30). The van der Waals surface area contributed by atoms with Crippen LogP contribution in [0.15, 0.2) is 30.3 Å². The van der Waals surface area contributed by atoms with E-state index in [9.17, 15) is 19.2 Å². The molecule has 2 aliphatic rings. The Kier molecular flexibility index (Phi) is 10.5. The number of hydrogen-bond donors (Lipinski definition) is 3. The fraction of sp³-hybridized carbons (Fsp3) is 0.615. The minimum absolute atomic E-state index is 0.0689. The topological polar surface area (TPSA) is 125 Å². The molecule has 9 nitrogen and oxygen atoms in total. The summed E-state index contributed by atoms with van der Waals surface area (Å²) in [6.07, 6.45) is 8.45. The molecule has 0 radical (unpaired) electrons. The predicted octanol–water partition coefficient (Wildman–Crippen LogP) is 3.17. The Hall–Kier alpha value is -2.94. The van der Waals surface area contributed by atoms with E-state index in [0.29, 0.717) is 37.8 Å². The van der Waals surface area contributed by atoms with Gasteiger partial charge in [0.25, 0.3) is 0 Å². The number of likely N-dealkylation sites (tertiary alicyclic amines) is 1. The first-order chi connectivity index (χ1) is 17.0. The summed E-state index contributed by atoms with van der Waals surface area (Å²) in [6, 6.07) is 7.58. The van der Waals surface area contributed by atoms with Crippen molar-refractivity contribution in [1.29, 1.82) is 0 Å². The van der Waals surface area contributed by atoms with Crippen molar-refractivity contribution in [3.8, 4) is 0 Å². The van der Waals surface area contributed by atoms with Crippen LogP contribution in [0.25, 0.3) is 0 Å². The second-order valence-electron chi connectivity index (χ2n) is 9.39. The summed E-state index contributed by atoms with van der Waals surface area (Å²) in [4.78, 5) is 51.7. The van der Waals surface area contributed by atoms with Gasteiger partial charge in [-0.25, -0.2) is 10.3 Å². The Morgan fingerprint density at radius 1 is 0.943 bits per heavy atom. The largest absolute Gasteiger partial charge is 0.461 e. The van der Waals surface area contributed by atoms with Crippen molar-refractivity contribution in [1.82, 2.24) is 15.7 Å². The van der Waals surface area contributed by atoms with Crippen molar-refractivity contribution < 1.29 is 29.1 Å². The summed E-state index contributed by atoms with van der Waals surface area (Å²) < 4.78 is 5.70. The van der Waals surface area contributed by atoms with E-state index >= 15 is 0 Å². The van der Waals surface area contributed by atoms with E-state index in [1.807, 2.05) is 18.2 Å². The highest BCUT2D eigenvalue weighted by atomic mass is 16.5. The molecule has 2 unspecified atom stereocenters. The highest BCUT2D eigenvalue weighted by Gasteiger charge is 2.36. The van der Waals surface area contributed by atoms with Crippen molar-refractivity contribution in [3.63, 3.8) is 0 Å². The third kappa shape index (κ3) is 8.06. The zero-order valence-corrected chi connectivity index (χ0v) is 20.2. The van der Waals surface area contributed by atoms with Crippen molar-refractivity contribution in [3.05, 3.63) is 35.9 Å². The SMILES string of the molecule is O=C(CCCCCCC(=O)N1CCCC1C(=O)NC(C(=O)OC1CCCC1)c1ccccc1)NO. The number of benzene rings is 1. The lowest BCUT2D eigenvalue weighted by atomic mass is 10.1. The zero-order chi connectivity index (χ0) is 25.0. The van der Waals surface area contributed by atoms with Crippen LogP contribution in [0.4, 0.5) is 0 Å². The number of nitrogens with zero attached hydrogens (tertiary/aromatic N) is 1. The van der Waals surface area contributed by atoms with Crippen LogP contribution in [0.1, 0.15) is 88.7 Å². The van der Waals surface area contributed by atoms with Crippen LogP contribution >= 0.6 is 0 Å². The molecule has 1 saturated carbocycles. The maximum Gasteiger partial charge on any atom is 0.333 e. The molecule has 192 valence electrons. The second kappa shape index (κ2) is 13.8. The average molecular weight is 488 g/mol. The summed E-state index contributed by atoms with van der Waals surface area (Å²) in [7, 11) is 0. The molecule has 0 bridgehead atoms. The quantitative estimate of drug-likeness (QED) is 0.180. The molecular formula is C26H37N3O6. The number of unbranched alkanes of at least 4 members (excludes halogenated alkanes) is 3.